The van der Waals surface area contributed by atoms with Crippen LogP contribution in [-0.4, -0.2) is 17.4 Å². The maximum Gasteiger partial charge on any atom is 0.221 e. The first-order valence-electron chi connectivity index (χ1n) is 8.37. The number of rotatable bonds is 6. The molecule has 124 valence electrons. The third-order valence-corrected chi connectivity index (χ3v) is 6.32. The third-order valence-electron chi connectivity index (χ3n) is 5.10. The minimum atomic E-state index is -0.375. The Morgan fingerprint density at radius 3 is 2.64 bits per heavy atom. The summed E-state index contributed by atoms with van der Waals surface area (Å²) >= 11 is 1.62. The zero-order valence-corrected chi connectivity index (χ0v) is 14.9. The van der Waals surface area contributed by atoms with Crippen molar-refractivity contribution in [3.8, 4) is 0 Å². The van der Waals surface area contributed by atoms with Crippen molar-refractivity contribution in [2.45, 2.75) is 71.3 Å². The lowest BCUT2D eigenvalue weighted by atomic mass is 9.71. The van der Waals surface area contributed by atoms with Gasteiger partial charge < -0.3 is 11.1 Å². The number of carbonyl (C=O) groups excluding carboxylic acids is 1. The average molecular weight is 324 g/mol. The molecule has 1 fully saturated rings. The summed E-state index contributed by atoms with van der Waals surface area (Å²) in [5, 5.41) is 6.26. The summed E-state index contributed by atoms with van der Waals surface area (Å²) in [5.41, 5.74) is 6.66. The van der Waals surface area contributed by atoms with Gasteiger partial charge in [0.25, 0.3) is 0 Å². The molecule has 1 aromatic rings. The van der Waals surface area contributed by atoms with Gasteiger partial charge in [0.05, 0.1) is 5.54 Å². The molecule has 0 aromatic carbocycles. The van der Waals surface area contributed by atoms with Gasteiger partial charge in [0.2, 0.25) is 5.91 Å². The fraction of sp³-hybridized carbons (Fsp3) is 0.765. The predicted octanol–water partition coefficient (Wildman–Crippen LogP) is 3.49. The first-order valence-corrected chi connectivity index (χ1v) is 9.25. The Labute approximate surface area is 137 Å². The maximum absolute atomic E-state index is 12.6. The molecular weight excluding hydrogens is 294 g/mol. The van der Waals surface area contributed by atoms with E-state index < -0.39 is 0 Å². The monoisotopic (exact) mass is 323 g/mol. The van der Waals surface area contributed by atoms with Crippen LogP contribution in [0.4, 0.5) is 0 Å². The normalized spacial score (nSPS) is 20.4. The highest BCUT2D eigenvalue weighted by Crippen LogP contribution is 2.39. The molecule has 5 heteroatoms. The van der Waals surface area contributed by atoms with Gasteiger partial charge in [0, 0.05) is 17.5 Å². The highest BCUT2D eigenvalue weighted by molar-refractivity contribution is 7.09. The number of hydrogen-bond donors (Lipinski definition) is 2. The predicted molar refractivity (Wildman–Crippen MR) is 91.8 cm³/mol. The Hall–Kier alpha value is -0.940. The number of aryl methyl sites for hydroxylation is 1. The van der Waals surface area contributed by atoms with Crippen LogP contribution in [0.25, 0.3) is 0 Å². The quantitative estimate of drug-likeness (QED) is 0.842. The Kier molecular flexibility index (Phi) is 5.61. The van der Waals surface area contributed by atoms with E-state index in [1.54, 1.807) is 11.3 Å². The van der Waals surface area contributed by atoms with Gasteiger partial charge in [-0.2, -0.15) is 0 Å². The average Bonchev–Trinajstić information content (AvgIpc) is 2.95. The van der Waals surface area contributed by atoms with Gasteiger partial charge in [-0.15, -0.1) is 11.3 Å². The second kappa shape index (κ2) is 7.09. The molecule has 1 unspecified atom stereocenters. The summed E-state index contributed by atoms with van der Waals surface area (Å²) in [6.07, 6.45) is 7.20. The van der Waals surface area contributed by atoms with E-state index >= 15 is 0 Å². The van der Waals surface area contributed by atoms with Crippen molar-refractivity contribution < 1.29 is 4.79 Å². The van der Waals surface area contributed by atoms with Crippen molar-refractivity contribution >= 4 is 17.2 Å². The Bertz CT molecular complexity index is 508. The summed E-state index contributed by atoms with van der Waals surface area (Å²) in [7, 11) is 0. The van der Waals surface area contributed by atoms with E-state index in [0.717, 1.165) is 30.0 Å². The van der Waals surface area contributed by atoms with Crippen LogP contribution in [0.15, 0.2) is 5.38 Å². The lowest BCUT2D eigenvalue weighted by Gasteiger charge is -2.37. The molecule has 4 nitrogen and oxygen atoms in total. The maximum atomic E-state index is 12.6. The molecule has 1 aliphatic rings. The molecule has 1 heterocycles. The first kappa shape index (κ1) is 17.4. The van der Waals surface area contributed by atoms with Crippen molar-refractivity contribution in [2.24, 2.45) is 11.1 Å². The fourth-order valence-corrected chi connectivity index (χ4v) is 4.33. The fourth-order valence-electron chi connectivity index (χ4n) is 3.35. The van der Waals surface area contributed by atoms with Crippen LogP contribution >= 0.6 is 11.3 Å². The van der Waals surface area contributed by atoms with Gasteiger partial charge in [-0.25, -0.2) is 4.98 Å². The molecule has 0 radical (unpaired) electrons. The molecule has 1 aromatic heterocycles. The number of aromatic nitrogens is 1. The molecule has 1 atom stereocenters. The largest absolute Gasteiger partial charge is 0.344 e. The number of thiazole rings is 1. The second-order valence-corrected chi connectivity index (χ2v) is 7.83. The second-order valence-electron chi connectivity index (χ2n) is 6.97. The number of amides is 1. The van der Waals surface area contributed by atoms with Gasteiger partial charge in [-0.3, -0.25) is 4.79 Å². The van der Waals surface area contributed by atoms with Crippen molar-refractivity contribution in [2.75, 3.05) is 6.54 Å². The Balaban J connectivity index is 2.05. The smallest absolute Gasteiger partial charge is 0.221 e. The van der Waals surface area contributed by atoms with E-state index in [1.807, 2.05) is 12.3 Å². The SMILES string of the molecule is CCC(C)(NC(=O)CC1(CN)CCCCC1)c1nc(C)cs1. The van der Waals surface area contributed by atoms with Crippen LogP contribution in [0.5, 0.6) is 0 Å². The topological polar surface area (TPSA) is 68.0 Å². The Morgan fingerprint density at radius 2 is 2.14 bits per heavy atom. The highest BCUT2D eigenvalue weighted by Gasteiger charge is 2.36. The molecule has 0 saturated heterocycles. The Morgan fingerprint density at radius 1 is 1.45 bits per heavy atom. The molecule has 2 rings (SSSR count). The molecule has 0 spiro atoms. The lowest BCUT2D eigenvalue weighted by Crippen LogP contribution is -2.46. The van der Waals surface area contributed by atoms with Gasteiger partial charge in [-0.05, 0) is 45.1 Å². The molecule has 22 heavy (non-hydrogen) atoms. The number of nitrogens with zero attached hydrogens (tertiary/aromatic N) is 1. The van der Waals surface area contributed by atoms with E-state index in [4.69, 9.17) is 5.73 Å². The molecular formula is C17H29N3OS. The van der Waals surface area contributed by atoms with Crippen molar-refractivity contribution in [3.05, 3.63) is 16.1 Å². The van der Waals surface area contributed by atoms with Gasteiger partial charge in [0.1, 0.15) is 5.01 Å². The molecule has 1 saturated carbocycles. The third kappa shape index (κ3) is 3.87. The number of nitrogens with one attached hydrogen (secondary N) is 1. The van der Waals surface area contributed by atoms with Crippen molar-refractivity contribution in [1.29, 1.82) is 0 Å². The minimum absolute atomic E-state index is 0.00970. The summed E-state index contributed by atoms with van der Waals surface area (Å²) in [6, 6.07) is 0. The number of hydrogen-bond acceptors (Lipinski definition) is 4. The van der Waals surface area contributed by atoms with Crippen molar-refractivity contribution in [3.63, 3.8) is 0 Å². The van der Waals surface area contributed by atoms with E-state index in [0.29, 0.717) is 13.0 Å². The summed E-state index contributed by atoms with van der Waals surface area (Å²) in [4.78, 5) is 17.2. The molecule has 0 aliphatic heterocycles. The minimum Gasteiger partial charge on any atom is -0.344 e. The number of nitrogens with two attached hydrogens (primary N) is 1. The highest BCUT2D eigenvalue weighted by atomic mass is 32.1. The zero-order chi connectivity index (χ0) is 16.2. The number of carbonyl (C=O) groups is 1. The first-order chi connectivity index (χ1) is 10.4. The van der Waals surface area contributed by atoms with Crippen LogP contribution in [0.3, 0.4) is 0 Å². The van der Waals surface area contributed by atoms with Gasteiger partial charge >= 0.3 is 0 Å². The summed E-state index contributed by atoms with van der Waals surface area (Å²) in [5.74, 6) is 0.115. The van der Waals surface area contributed by atoms with Gasteiger partial charge in [-0.1, -0.05) is 26.2 Å². The molecule has 1 aliphatic carbocycles. The summed E-state index contributed by atoms with van der Waals surface area (Å²) < 4.78 is 0. The molecule has 3 N–H and O–H groups in total. The zero-order valence-electron chi connectivity index (χ0n) is 14.1. The van der Waals surface area contributed by atoms with E-state index in [9.17, 15) is 4.79 Å². The van der Waals surface area contributed by atoms with Crippen LogP contribution in [-0.2, 0) is 10.3 Å². The molecule has 1 amide bonds. The lowest BCUT2D eigenvalue weighted by molar-refractivity contribution is -0.125. The van der Waals surface area contributed by atoms with Crippen LogP contribution in [0.2, 0.25) is 0 Å². The summed E-state index contributed by atoms with van der Waals surface area (Å²) in [6.45, 7) is 6.76. The van der Waals surface area contributed by atoms with E-state index in [1.165, 1.54) is 19.3 Å². The van der Waals surface area contributed by atoms with Crippen LogP contribution < -0.4 is 11.1 Å². The van der Waals surface area contributed by atoms with Crippen LogP contribution in [0, 0.1) is 12.3 Å². The van der Waals surface area contributed by atoms with Crippen molar-refractivity contribution in [1.82, 2.24) is 10.3 Å². The molecule has 0 bridgehead atoms. The standard InChI is InChI=1S/C17H29N3OS/c1-4-16(3,15-19-13(2)11-22-15)20-14(21)10-17(12-18)8-6-5-7-9-17/h11H,4-10,12,18H2,1-3H3,(H,20,21). The van der Waals surface area contributed by atoms with E-state index in [2.05, 4.69) is 24.1 Å². The van der Waals surface area contributed by atoms with Gasteiger partial charge in [0.15, 0.2) is 0 Å². The van der Waals surface area contributed by atoms with Crippen LogP contribution in [0.1, 0.15) is 69.5 Å². The van der Waals surface area contributed by atoms with E-state index in [-0.39, 0.29) is 16.9 Å².